The summed E-state index contributed by atoms with van der Waals surface area (Å²) in [5, 5.41) is 10.8. The quantitative estimate of drug-likeness (QED) is 0.842. The van der Waals surface area contributed by atoms with E-state index >= 15 is 0 Å². The third-order valence-electron chi connectivity index (χ3n) is 2.88. The van der Waals surface area contributed by atoms with E-state index < -0.39 is 0 Å². The van der Waals surface area contributed by atoms with Gasteiger partial charge in [-0.05, 0) is 26.0 Å². The van der Waals surface area contributed by atoms with Crippen molar-refractivity contribution in [2.24, 2.45) is 0 Å². The first-order valence-corrected chi connectivity index (χ1v) is 6.99. The van der Waals surface area contributed by atoms with Crippen LogP contribution in [0.15, 0.2) is 36.7 Å². The van der Waals surface area contributed by atoms with E-state index in [1.807, 2.05) is 48.7 Å². The van der Waals surface area contributed by atoms with Gasteiger partial charge in [0.15, 0.2) is 5.82 Å². The molecule has 0 spiro atoms. The predicted molar refractivity (Wildman–Crippen MR) is 78.9 cm³/mol. The third kappa shape index (κ3) is 4.68. The van der Waals surface area contributed by atoms with E-state index in [0.717, 1.165) is 5.69 Å². The molecule has 2 aromatic rings. The van der Waals surface area contributed by atoms with E-state index in [0.29, 0.717) is 25.4 Å². The topological polar surface area (TPSA) is 69.0 Å². The van der Waals surface area contributed by atoms with Crippen LogP contribution < -0.4 is 5.32 Å². The number of para-hydroxylation sites is 1. The second kappa shape index (κ2) is 7.54. The maximum Gasteiger partial charge on any atom is 0.222 e. The Hall–Kier alpha value is -2.21. The summed E-state index contributed by atoms with van der Waals surface area (Å²) in [5.74, 6) is 0.637. The van der Waals surface area contributed by atoms with Crippen molar-refractivity contribution in [1.82, 2.24) is 20.1 Å². The molecule has 21 heavy (non-hydrogen) atoms. The van der Waals surface area contributed by atoms with Gasteiger partial charge in [-0.25, -0.2) is 0 Å². The van der Waals surface area contributed by atoms with Gasteiger partial charge in [0.2, 0.25) is 5.91 Å². The van der Waals surface area contributed by atoms with Gasteiger partial charge in [0.1, 0.15) is 6.33 Å². The summed E-state index contributed by atoms with van der Waals surface area (Å²) < 4.78 is 7.20. The summed E-state index contributed by atoms with van der Waals surface area (Å²) in [7, 11) is 0. The molecule has 1 aromatic carbocycles. The number of amides is 1. The van der Waals surface area contributed by atoms with Gasteiger partial charge < -0.3 is 10.1 Å². The van der Waals surface area contributed by atoms with E-state index in [-0.39, 0.29) is 12.0 Å². The average molecular weight is 288 g/mol. The number of benzene rings is 1. The fourth-order valence-electron chi connectivity index (χ4n) is 1.84. The fraction of sp³-hybridized carbons (Fsp3) is 0.400. The molecule has 0 unspecified atom stereocenters. The van der Waals surface area contributed by atoms with Crippen molar-refractivity contribution in [2.45, 2.75) is 32.9 Å². The minimum absolute atomic E-state index is 0.0572. The monoisotopic (exact) mass is 288 g/mol. The lowest BCUT2D eigenvalue weighted by Crippen LogP contribution is -2.26. The van der Waals surface area contributed by atoms with Gasteiger partial charge in [-0.1, -0.05) is 18.2 Å². The molecule has 0 fully saturated rings. The number of hydrogen-bond donors (Lipinski definition) is 1. The van der Waals surface area contributed by atoms with Gasteiger partial charge in [0.25, 0.3) is 0 Å². The largest absolute Gasteiger partial charge is 0.378 e. The maximum absolute atomic E-state index is 11.7. The summed E-state index contributed by atoms with van der Waals surface area (Å²) in [4.78, 5) is 11.7. The predicted octanol–water partition coefficient (Wildman–Crippen LogP) is 1.70. The molecule has 2 rings (SSSR count). The van der Waals surface area contributed by atoms with Gasteiger partial charge in [0, 0.05) is 12.1 Å². The number of ether oxygens (including phenoxy) is 1. The molecule has 0 saturated carbocycles. The average Bonchev–Trinajstić information content (AvgIpc) is 2.94. The molecule has 1 N–H and O–H groups in total. The maximum atomic E-state index is 11.7. The Morgan fingerprint density at radius 3 is 2.81 bits per heavy atom. The van der Waals surface area contributed by atoms with Crippen molar-refractivity contribution < 1.29 is 9.53 Å². The number of aromatic nitrogens is 3. The molecule has 0 aliphatic heterocycles. The van der Waals surface area contributed by atoms with Crippen molar-refractivity contribution in [1.29, 1.82) is 0 Å². The van der Waals surface area contributed by atoms with Crippen LogP contribution in [-0.2, 0) is 16.1 Å². The molecule has 0 bridgehead atoms. The number of hydrogen-bond acceptors (Lipinski definition) is 4. The number of nitrogens with one attached hydrogen (secondary N) is 1. The standard InChI is InChI=1S/C15H20N4O2/c1-12(2)21-9-8-15(20)16-10-14-18-17-11-19(14)13-6-4-3-5-7-13/h3-7,11-12H,8-10H2,1-2H3,(H,16,20). The molecular formula is C15H20N4O2. The summed E-state index contributed by atoms with van der Waals surface area (Å²) in [6.07, 6.45) is 2.12. The van der Waals surface area contributed by atoms with Crippen LogP contribution in [0.3, 0.4) is 0 Å². The Kier molecular flexibility index (Phi) is 5.45. The van der Waals surface area contributed by atoms with Crippen LogP contribution in [0.4, 0.5) is 0 Å². The Morgan fingerprint density at radius 2 is 2.10 bits per heavy atom. The minimum atomic E-state index is -0.0572. The van der Waals surface area contributed by atoms with E-state index in [4.69, 9.17) is 4.74 Å². The van der Waals surface area contributed by atoms with Gasteiger partial charge in [-0.3, -0.25) is 9.36 Å². The zero-order valence-electron chi connectivity index (χ0n) is 12.3. The van der Waals surface area contributed by atoms with Crippen LogP contribution in [-0.4, -0.2) is 33.4 Å². The summed E-state index contributed by atoms with van der Waals surface area (Å²) in [5.41, 5.74) is 0.967. The first-order valence-electron chi connectivity index (χ1n) is 6.99. The first kappa shape index (κ1) is 15.2. The molecule has 0 aliphatic carbocycles. The van der Waals surface area contributed by atoms with Gasteiger partial charge in [-0.2, -0.15) is 0 Å². The van der Waals surface area contributed by atoms with Crippen molar-refractivity contribution in [2.75, 3.05) is 6.61 Å². The highest BCUT2D eigenvalue weighted by atomic mass is 16.5. The van der Waals surface area contributed by atoms with Crippen LogP contribution in [0.1, 0.15) is 26.1 Å². The number of carbonyl (C=O) groups excluding carboxylic acids is 1. The highest BCUT2D eigenvalue weighted by Crippen LogP contribution is 2.08. The molecule has 6 nitrogen and oxygen atoms in total. The molecule has 1 amide bonds. The number of rotatable bonds is 7. The van der Waals surface area contributed by atoms with Gasteiger partial charge in [0.05, 0.1) is 19.3 Å². The van der Waals surface area contributed by atoms with E-state index in [1.54, 1.807) is 6.33 Å². The first-order chi connectivity index (χ1) is 10.2. The lowest BCUT2D eigenvalue weighted by Gasteiger charge is -2.09. The zero-order chi connectivity index (χ0) is 15.1. The van der Waals surface area contributed by atoms with Crippen LogP contribution in [0.25, 0.3) is 5.69 Å². The molecule has 0 radical (unpaired) electrons. The molecule has 0 saturated heterocycles. The second-order valence-corrected chi connectivity index (χ2v) is 4.90. The van der Waals surface area contributed by atoms with Crippen LogP contribution in [0.2, 0.25) is 0 Å². The highest BCUT2D eigenvalue weighted by Gasteiger charge is 2.08. The Balaban J connectivity index is 1.87. The molecule has 6 heteroatoms. The number of carbonyl (C=O) groups is 1. The van der Waals surface area contributed by atoms with Gasteiger partial charge >= 0.3 is 0 Å². The Labute approximate surface area is 124 Å². The molecule has 1 heterocycles. The molecule has 0 aliphatic rings. The Bertz CT molecular complexity index is 566. The summed E-state index contributed by atoms with van der Waals surface area (Å²) in [6, 6.07) is 9.77. The fourth-order valence-corrected chi connectivity index (χ4v) is 1.84. The molecule has 112 valence electrons. The lowest BCUT2D eigenvalue weighted by molar-refractivity contribution is -0.122. The van der Waals surface area contributed by atoms with Crippen molar-refractivity contribution in [3.8, 4) is 5.69 Å². The van der Waals surface area contributed by atoms with E-state index in [1.165, 1.54) is 0 Å². The zero-order valence-corrected chi connectivity index (χ0v) is 12.3. The van der Waals surface area contributed by atoms with Crippen molar-refractivity contribution in [3.63, 3.8) is 0 Å². The number of nitrogens with zero attached hydrogens (tertiary/aromatic N) is 3. The van der Waals surface area contributed by atoms with Crippen molar-refractivity contribution in [3.05, 3.63) is 42.5 Å². The molecular weight excluding hydrogens is 268 g/mol. The van der Waals surface area contributed by atoms with Crippen LogP contribution >= 0.6 is 0 Å². The summed E-state index contributed by atoms with van der Waals surface area (Å²) in [6.45, 7) is 4.66. The normalized spacial score (nSPS) is 10.8. The minimum Gasteiger partial charge on any atom is -0.378 e. The Morgan fingerprint density at radius 1 is 1.33 bits per heavy atom. The highest BCUT2D eigenvalue weighted by molar-refractivity contribution is 5.75. The summed E-state index contributed by atoms with van der Waals surface area (Å²) >= 11 is 0. The van der Waals surface area contributed by atoms with Crippen LogP contribution in [0, 0.1) is 0 Å². The smallest absolute Gasteiger partial charge is 0.222 e. The van der Waals surface area contributed by atoms with E-state index in [2.05, 4.69) is 15.5 Å². The van der Waals surface area contributed by atoms with Crippen LogP contribution in [0.5, 0.6) is 0 Å². The molecule has 0 atom stereocenters. The van der Waals surface area contributed by atoms with Gasteiger partial charge in [-0.15, -0.1) is 10.2 Å². The lowest BCUT2D eigenvalue weighted by atomic mass is 10.3. The van der Waals surface area contributed by atoms with E-state index in [9.17, 15) is 4.79 Å². The SMILES string of the molecule is CC(C)OCCC(=O)NCc1nncn1-c1ccccc1. The third-order valence-corrected chi connectivity index (χ3v) is 2.88. The second-order valence-electron chi connectivity index (χ2n) is 4.90. The molecule has 1 aromatic heterocycles. The van der Waals surface area contributed by atoms with Crippen molar-refractivity contribution >= 4 is 5.91 Å².